The number of ether oxygens (including phenoxy) is 1. The first-order valence-corrected chi connectivity index (χ1v) is 2.91. The highest BCUT2D eigenvalue weighted by atomic mass is 16.5. The lowest BCUT2D eigenvalue weighted by Gasteiger charge is -2.31. The minimum atomic E-state index is 0.191. The molecule has 0 amide bonds. The predicted octanol–water partition coefficient (Wildman–Crippen LogP) is 0.0549. The Morgan fingerprint density at radius 2 is 2.38 bits per heavy atom. The normalized spacial score (nSPS) is 24.8. The molecule has 1 N–H and O–H groups in total. The number of methoxy groups -OCH3 is 1. The lowest BCUT2D eigenvalue weighted by atomic mass is 9.98. The van der Waals surface area contributed by atoms with Crippen molar-refractivity contribution in [3.8, 4) is 0 Å². The molecule has 0 bridgehead atoms. The highest BCUT2D eigenvalue weighted by Gasteiger charge is 2.22. The van der Waals surface area contributed by atoms with E-state index >= 15 is 0 Å². The zero-order valence-corrected chi connectivity index (χ0v) is 5.18. The van der Waals surface area contributed by atoms with E-state index in [0.717, 1.165) is 13.1 Å². The fourth-order valence-corrected chi connectivity index (χ4v) is 0.766. The average Bonchev–Trinajstić information content (AvgIpc) is 1.62. The highest BCUT2D eigenvalue weighted by molar-refractivity contribution is 4.83. The Morgan fingerprint density at radius 3 is 2.50 bits per heavy atom. The molecule has 0 saturated carbocycles. The molecular formula is C6H12NO. The van der Waals surface area contributed by atoms with Gasteiger partial charge in [-0.05, 0) is 6.92 Å². The van der Waals surface area contributed by atoms with Gasteiger partial charge in [0.05, 0.1) is 6.10 Å². The maximum Gasteiger partial charge on any atom is 0.0624 e. The van der Waals surface area contributed by atoms with Crippen molar-refractivity contribution < 1.29 is 4.74 Å². The van der Waals surface area contributed by atoms with Crippen molar-refractivity contribution >= 4 is 0 Å². The molecule has 0 aromatic heterocycles. The van der Waals surface area contributed by atoms with Gasteiger partial charge in [-0.15, -0.1) is 0 Å². The van der Waals surface area contributed by atoms with Crippen molar-refractivity contribution in [2.45, 2.75) is 6.10 Å². The summed E-state index contributed by atoms with van der Waals surface area (Å²) in [7, 11) is 1.70. The average molecular weight is 114 g/mol. The first kappa shape index (κ1) is 6.05. The third-order valence-electron chi connectivity index (χ3n) is 1.64. The second kappa shape index (κ2) is 2.46. The maximum absolute atomic E-state index is 5.00. The molecule has 1 saturated heterocycles. The van der Waals surface area contributed by atoms with Crippen LogP contribution in [-0.2, 0) is 4.74 Å². The van der Waals surface area contributed by atoms with Gasteiger partial charge in [0.15, 0.2) is 0 Å². The van der Waals surface area contributed by atoms with Crippen LogP contribution in [-0.4, -0.2) is 26.3 Å². The third kappa shape index (κ3) is 1.01. The number of nitrogens with one attached hydrogen (secondary N) is 1. The Morgan fingerprint density at radius 1 is 1.75 bits per heavy atom. The fourth-order valence-electron chi connectivity index (χ4n) is 0.766. The number of hydrogen-bond acceptors (Lipinski definition) is 2. The van der Waals surface area contributed by atoms with Crippen LogP contribution in [0.1, 0.15) is 0 Å². The summed E-state index contributed by atoms with van der Waals surface area (Å²) in [6.07, 6.45) is 0.191. The van der Waals surface area contributed by atoms with E-state index < -0.39 is 0 Å². The molecule has 0 aliphatic carbocycles. The first-order valence-electron chi connectivity index (χ1n) is 2.91. The molecule has 0 aromatic rings. The van der Waals surface area contributed by atoms with Crippen LogP contribution < -0.4 is 5.32 Å². The van der Waals surface area contributed by atoms with Gasteiger partial charge in [0.25, 0.3) is 0 Å². The Bertz CT molecular complexity index is 68.2. The van der Waals surface area contributed by atoms with Gasteiger partial charge in [0.1, 0.15) is 0 Å². The molecule has 0 aromatic carbocycles. The Balaban J connectivity index is 2.13. The Hall–Kier alpha value is -0.0800. The van der Waals surface area contributed by atoms with Crippen LogP contribution in [0.2, 0.25) is 0 Å². The van der Waals surface area contributed by atoms with Crippen molar-refractivity contribution in [3.05, 3.63) is 6.92 Å². The molecule has 1 fully saturated rings. The van der Waals surface area contributed by atoms with Crippen molar-refractivity contribution in [1.82, 2.24) is 5.32 Å². The first-order chi connectivity index (χ1) is 3.84. The minimum Gasteiger partial charge on any atom is -0.381 e. The van der Waals surface area contributed by atoms with Gasteiger partial charge in [0.2, 0.25) is 0 Å². The van der Waals surface area contributed by atoms with E-state index in [2.05, 4.69) is 12.2 Å². The lowest BCUT2D eigenvalue weighted by Crippen LogP contribution is -2.48. The van der Waals surface area contributed by atoms with E-state index in [4.69, 9.17) is 4.74 Å². The van der Waals surface area contributed by atoms with E-state index in [0.29, 0.717) is 5.92 Å². The molecule has 1 radical (unpaired) electrons. The zero-order chi connectivity index (χ0) is 5.98. The third-order valence-corrected chi connectivity index (χ3v) is 1.64. The molecular weight excluding hydrogens is 102 g/mol. The van der Waals surface area contributed by atoms with Crippen LogP contribution in [0.4, 0.5) is 0 Å². The molecule has 0 spiro atoms. The number of hydrogen-bond donors (Lipinski definition) is 1. The summed E-state index contributed by atoms with van der Waals surface area (Å²) in [5.74, 6) is 0.653. The predicted molar refractivity (Wildman–Crippen MR) is 32.5 cm³/mol. The highest BCUT2D eigenvalue weighted by Crippen LogP contribution is 2.09. The standard InChI is InChI=1S/C6H12NO/c1-5(8-2)6-3-7-4-6/h5-7H,1,3-4H2,2H3. The van der Waals surface area contributed by atoms with Gasteiger partial charge in [0, 0.05) is 26.1 Å². The fraction of sp³-hybridized carbons (Fsp3) is 0.833. The summed E-state index contributed by atoms with van der Waals surface area (Å²) in [5, 5.41) is 3.16. The van der Waals surface area contributed by atoms with Gasteiger partial charge in [-0.1, -0.05) is 0 Å². The SMILES string of the molecule is [CH2]C(OC)C1CNC1. The summed E-state index contributed by atoms with van der Waals surface area (Å²) < 4.78 is 5.00. The smallest absolute Gasteiger partial charge is 0.0624 e. The zero-order valence-electron chi connectivity index (χ0n) is 5.18. The molecule has 2 nitrogen and oxygen atoms in total. The van der Waals surface area contributed by atoms with Gasteiger partial charge in [-0.2, -0.15) is 0 Å². The molecule has 1 aliphatic heterocycles. The van der Waals surface area contributed by atoms with Gasteiger partial charge >= 0.3 is 0 Å². The summed E-state index contributed by atoms with van der Waals surface area (Å²) >= 11 is 0. The van der Waals surface area contributed by atoms with Crippen molar-refractivity contribution in [2.75, 3.05) is 20.2 Å². The number of rotatable bonds is 2. The molecule has 1 heterocycles. The molecule has 1 aliphatic rings. The summed E-state index contributed by atoms with van der Waals surface area (Å²) in [6.45, 7) is 5.96. The van der Waals surface area contributed by atoms with E-state index in [1.807, 2.05) is 0 Å². The lowest BCUT2D eigenvalue weighted by molar-refractivity contribution is 0.0634. The van der Waals surface area contributed by atoms with E-state index in [9.17, 15) is 0 Å². The van der Waals surface area contributed by atoms with Crippen molar-refractivity contribution in [1.29, 1.82) is 0 Å². The van der Waals surface area contributed by atoms with Crippen molar-refractivity contribution in [2.24, 2.45) is 5.92 Å². The van der Waals surface area contributed by atoms with Crippen LogP contribution in [0, 0.1) is 12.8 Å². The van der Waals surface area contributed by atoms with Gasteiger partial charge in [-0.25, -0.2) is 0 Å². The van der Waals surface area contributed by atoms with Crippen molar-refractivity contribution in [3.63, 3.8) is 0 Å². The van der Waals surface area contributed by atoms with Crippen LogP contribution in [0.3, 0.4) is 0 Å². The summed E-state index contributed by atoms with van der Waals surface area (Å²) in [4.78, 5) is 0. The minimum absolute atomic E-state index is 0.191. The summed E-state index contributed by atoms with van der Waals surface area (Å²) in [6, 6.07) is 0. The Labute approximate surface area is 50.2 Å². The second-order valence-corrected chi connectivity index (χ2v) is 2.19. The van der Waals surface area contributed by atoms with E-state index in [-0.39, 0.29) is 6.10 Å². The van der Waals surface area contributed by atoms with Gasteiger partial charge < -0.3 is 10.1 Å². The molecule has 1 rings (SSSR count). The topological polar surface area (TPSA) is 21.3 Å². The second-order valence-electron chi connectivity index (χ2n) is 2.19. The van der Waals surface area contributed by atoms with E-state index in [1.54, 1.807) is 7.11 Å². The molecule has 8 heavy (non-hydrogen) atoms. The molecule has 1 atom stereocenters. The quantitative estimate of drug-likeness (QED) is 0.548. The molecule has 1 unspecified atom stereocenters. The van der Waals surface area contributed by atoms with Crippen LogP contribution >= 0.6 is 0 Å². The van der Waals surface area contributed by atoms with E-state index in [1.165, 1.54) is 0 Å². The van der Waals surface area contributed by atoms with Crippen LogP contribution in [0.15, 0.2) is 0 Å². The molecule has 47 valence electrons. The molecule has 2 heteroatoms. The van der Waals surface area contributed by atoms with Gasteiger partial charge in [-0.3, -0.25) is 0 Å². The monoisotopic (exact) mass is 114 g/mol. The summed E-state index contributed by atoms with van der Waals surface area (Å²) in [5.41, 5.74) is 0. The Kier molecular flexibility index (Phi) is 1.86. The maximum atomic E-state index is 5.00. The van der Waals surface area contributed by atoms with Crippen LogP contribution in [0.5, 0.6) is 0 Å². The van der Waals surface area contributed by atoms with Crippen LogP contribution in [0.25, 0.3) is 0 Å². The largest absolute Gasteiger partial charge is 0.381 e.